The lowest BCUT2D eigenvalue weighted by atomic mass is 10.2. The molecule has 1 aliphatic heterocycles. The molecule has 128 valence electrons. The van der Waals surface area contributed by atoms with Crippen LogP contribution in [-0.2, 0) is 10.0 Å². The Bertz CT molecular complexity index is 802. The molecule has 1 aliphatic rings. The van der Waals surface area contributed by atoms with Crippen LogP contribution in [0.1, 0.15) is 23.2 Å². The normalized spacial score (nSPS) is 18.0. The highest BCUT2D eigenvalue weighted by Crippen LogP contribution is 2.21. The van der Waals surface area contributed by atoms with E-state index in [1.807, 2.05) is 0 Å². The van der Waals surface area contributed by atoms with Crippen molar-refractivity contribution in [1.29, 1.82) is 0 Å². The summed E-state index contributed by atoms with van der Waals surface area (Å²) < 4.78 is 27.6. The molecule has 1 amide bonds. The van der Waals surface area contributed by atoms with Crippen molar-refractivity contribution in [3.05, 3.63) is 42.6 Å². The van der Waals surface area contributed by atoms with Gasteiger partial charge in [-0.2, -0.15) is 0 Å². The molecule has 24 heavy (non-hydrogen) atoms. The van der Waals surface area contributed by atoms with Crippen LogP contribution >= 0.6 is 0 Å². The molecule has 0 saturated carbocycles. The second-order valence-electron chi connectivity index (χ2n) is 5.66. The highest BCUT2D eigenvalue weighted by molar-refractivity contribution is 7.89. The first-order valence-corrected chi connectivity index (χ1v) is 9.32. The highest BCUT2D eigenvalue weighted by Gasteiger charge is 2.32. The van der Waals surface area contributed by atoms with E-state index in [2.05, 4.69) is 14.7 Å². The number of aromatic nitrogens is 3. The predicted molar refractivity (Wildman–Crippen MR) is 88.3 cm³/mol. The molecule has 0 spiro atoms. The lowest BCUT2D eigenvalue weighted by Crippen LogP contribution is -2.41. The van der Waals surface area contributed by atoms with Gasteiger partial charge in [-0.15, -0.1) is 0 Å². The molecule has 0 unspecified atom stereocenters. The lowest BCUT2D eigenvalue weighted by molar-refractivity contribution is 0.0748. The summed E-state index contributed by atoms with van der Waals surface area (Å²) in [6, 6.07) is 3.14. The van der Waals surface area contributed by atoms with Crippen molar-refractivity contribution in [3.63, 3.8) is 0 Å². The summed E-state index contributed by atoms with van der Waals surface area (Å²) in [4.78, 5) is 22.5. The topological polar surface area (TPSA) is 97.2 Å². The maximum absolute atomic E-state index is 12.7. The summed E-state index contributed by atoms with van der Waals surface area (Å²) in [5.41, 5.74) is 0.452. The van der Waals surface area contributed by atoms with Crippen LogP contribution in [0, 0.1) is 0 Å². The summed E-state index contributed by atoms with van der Waals surface area (Å²) in [6.07, 6.45) is 8.05. The number of carbonyl (C=O) groups is 1. The van der Waals surface area contributed by atoms with Crippen molar-refractivity contribution in [3.8, 4) is 5.82 Å². The molecule has 9 heteroatoms. The molecule has 8 nitrogen and oxygen atoms in total. The van der Waals surface area contributed by atoms with Crippen molar-refractivity contribution in [2.75, 3.05) is 19.3 Å². The largest absolute Gasteiger partial charge is 0.335 e. The van der Waals surface area contributed by atoms with Gasteiger partial charge >= 0.3 is 0 Å². The summed E-state index contributed by atoms with van der Waals surface area (Å²) in [6.45, 7) is 0.562. The minimum Gasteiger partial charge on any atom is -0.335 e. The van der Waals surface area contributed by atoms with E-state index in [4.69, 9.17) is 0 Å². The number of likely N-dealkylation sites (tertiary alicyclic amines) is 1. The zero-order valence-electron chi connectivity index (χ0n) is 13.3. The number of nitrogens with zero attached hydrogens (tertiary/aromatic N) is 4. The SMILES string of the molecule is CNS(=O)(=O)C[C@@H]1CCCN1C(=O)c1ccc(-n2ccnc2)nc1. The van der Waals surface area contributed by atoms with E-state index >= 15 is 0 Å². The third kappa shape index (κ3) is 3.46. The Kier molecular flexibility index (Phi) is 4.63. The van der Waals surface area contributed by atoms with Gasteiger partial charge in [0, 0.05) is 31.2 Å². The van der Waals surface area contributed by atoms with E-state index in [-0.39, 0.29) is 17.7 Å². The maximum Gasteiger partial charge on any atom is 0.255 e. The van der Waals surface area contributed by atoms with E-state index in [0.29, 0.717) is 24.3 Å². The molecule has 1 fully saturated rings. The average Bonchev–Trinajstić information content (AvgIpc) is 3.26. The first-order valence-electron chi connectivity index (χ1n) is 7.67. The number of rotatable bonds is 5. The molecule has 2 aromatic heterocycles. The fraction of sp³-hybridized carbons (Fsp3) is 0.400. The van der Waals surface area contributed by atoms with Crippen LogP contribution in [0.3, 0.4) is 0 Å². The van der Waals surface area contributed by atoms with Crippen molar-refractivity contribution >= 4 is 15.9 Å². The monoisotopic (exact) mass is 349 g/mol. The minimum atomic E-state index is -3.36. The van der Waals surface area contributed by atoms with E-state index in [0.717, 1.165) is 6.42 Å². The molecule has 0 aromatic carbocycles. The number of imidazole rings is 1. The Hall–Kier alpha value is -2.26. The fourth-order valence-corrected chi connectivity index (χ4v) is 3.86. The number of amides is 1. The number of sulfonamides is 1. The van der Waals surface area contributed by atoms with E-state index in [1.165, 1.54) is 13.2 Å². The van der Waals surface area contributed by atoms with Gasteiger partial charge in [-0.05, 0) is 32.0 Å². The molecule has 1 atom stereocenters. The summed E-state index contributed by atoms with van der Waals surface area (Å²) >= 11 is 0. The Morgan fingerprint density at radius 2 is 2.25 bits per heavy atom. The van der Waals surface area contributed by atoms with Crippen LogP contribution in [0.2, 0.25) is 0 Å². The van der Waals surface area contributed by atoms with Gasteiger partial charge in [0.1, 0.15) is 12.1 Å². The first-order chi connectivity index (χ1) is 11.5. The number of hydrogen-bond donors (Lipinski definition) is 1. The third-order valence-corrected chi connectivity index (χ3v) is 5.57. The van der Waals surface area contributed by atoms with Crippen molar-refractivity contribution in [1.82, 2.24) is 24.2 Å². The molecular weight excluding hydrogens is 330 g/mol. The zero-order valence-corrected chi connectivity index (χ0v) is 14.1. The standard InChI is InChI=1S/C15H19N5O3S/c1-16-24(22,23)10-13-3-2-7-20(13)15(21)12-4-5-14(18-9-12)19-8-6-17-11-19/h4-6,8-9,11,13,16H,2-3,7,10H2,1H3/t13-/m0/s1. The zero-order chi connectivity index (χ0) is 17.2. The number of hydrogen-bond acceptors (Lipinski definition) is 5. The van der Waals surface area contributed by atoms with E-state index < -0.39 is 10.0 Å². The van der Waals surface area contributed by atoms with Crippen molar-refractivity contribution in [2.24, 2.45) is 0 Å². The Labute approximate surface area is 140 Å². The second kappa shape index (κ2) is 6.70. The van der Waals surface area contributed by atoms with Gasteiger partial charge in [-0.25, -0.2) is 23.1 Å². The summed E-state index contributed by atoms with van der Waals surface area (Å²) in [7, 11) is -1.97. The van der Waals surface area contributed by atoms with E-state index in [9.17, 15) is 13.2 Å². The molecule has 3 rings (SSSR count). The quantitative estimate of drug-likeness (QED) is 0.844. The van der Waals surface area contributed by atoms with Crippen molar-refractivity contribution < 1.29 is 13.2 Å². The average molecular weight is 349 g/mol. The number of carbonyl (C=O) groups excluding carboxylic acids is 1. The van der Waals surface area contributed by atoms with Crippen LogP contribution < -0.4 is 4.72 Å². The van der Waals surface area contributed by atoms with Gasteiger partial charge in [0.2, 0.25) is 10.0 Å². The van der Waals surface area contributed by atoms with Crippen LogP contribution in [-0.4, -0.2) is 59.1 Å². The highest BCUT2D eigenvalue weighted by atomic mass is 32.2. The molecular formula is C15H19N5O3S. The van der Waals surface area contributed by atoms with Crippen LogP contribution in [0.25, 0.3) is 5.82 Å². The Morgan fingerprint density at radius 3 is 2.88 bits per heavy atom. The fourth-order valence-electron chi connectivity index (χ4n) is 2.84. The van der Waals surface area contributed by atoms with Gasteiger partial charge in [0.25, 0.3) is 5.91 Å². The molecule has 1 saturated heterocycles. The van der Waals surface area contributed by atoms with Gasteiger partial charge < -0.3 is 4.90 Å². The van der Waals surface area contributed by atoms with E-state index in [1.54, 1.807) is 40.3 Å². The summed E-state index contributed by atoms with van der Waals surface area (Å²) in [5.74, 6) is 0.406. The Morgan fingerprint density at radius 1 is 1.42 bits per heavy atom. The molecule has 2 aromatic rings. The van der Waals surface area contributed by atoms with Gasteiger partial charge in [0.15, 0.2) is 0 Å². The second-order valence-corrected chi connectivity index (χ2v) is 7.63. The maximum atomic E-state index is 12.7. The molecule has 1 N–H and O–H groups in total. The minimum absolute atomic E-state index is 0.0736. The van der Waals surface area contributed by atoms with Crippen molar-refractivity contribution in [2.45, 2.75) is 18.9 Å². The first kappa shape index (κ1) is 16.6. The van der Waals surface area contributed by atoms with Crippen LogP contribution in [0.4, 0.5) is 0 Å². The van der Waals surface area contributed by atoms with Gasteiger partial charge in [0.05, 0.1) is 11.3 Å². The molecule has 3 heterocycles. The summed E-state index contributed by atoms with van der Waals surface area (Å²) in [5, 5.41) is 0. The van der Waals surface area contributed by atoms with Crippen LogP contribution in [0.5, 0.6) is 0 Å². The van der Waals surface area contributed by atoms with Gasteiger partial charge in [-0.3, -0.25) is 9.36 Å². The van der Waals surface area contributed by atoms with Crippen LogP contribution in [0.15, 0.2) is 37.1 Å². The lowest BCUT2D eigenvalue weighted by Gasteiger charge is -2.24. The number of nitrogens with one attached hydrogen (secondary N) is 1. The Balaban J connectivity index is 1.75. The molecule has 0 radical (unpaired) electrons. The predicted octanol–water partition coefficient (Wildman–Crippen LogP) is 0.421. The smallest absolute Gasteiger partial charge is 0.255 e. The van der Waals surface area contributed by atoms with Gasteiger partial charge in [-0.1, -0.05) is 0 Å². The number of pyridine rings is 1. The molecule has 0 aliphatic carbocycles. The molecule has 0 bridgehead atoms. The third-order valence-electron chi connectivity index (χ3n) is 4.12.